The van der Waals surface area contributed by atoms with Crippen LogP contribution in [-0.4, -0.2) is 38.3 Å². The van der Waals surface area contributed by atoms with Crippen LogP contribution < -0.4 is 10.6 Å². The second kappa shape index (κ2) is 6.08. The van der Waals surface area contributed by atoms with Gasteiger partial charge < -0.3 is 15.4 Å². The molecule has 3 rings (SSSR count). The predicted octanol–water partition coefficient (Wildman–Crippen LogP) is 2.72. The van der Waals surface area contributed by atoms with Gasteiger partial charge in [-0.1, -0.05) is 23.5 Å². The molecule has 1 aliphatic rings. The van der Waals surface area contributed by atoms with E-state index in [-0.39, 0.29) is 5.41 Å². The first kappa shape index (κ1) is 13.8. The Hall–Kier alpha value is -1.17. The molecule has 0 bridgehead atoms. The molecule has 0 radical (unpaired) electrons. The number of hydrogen-bond acceptors (Lipinski definition) is 5. The van der Waals surface area contributed by atoms with Gasteiger partial charge in [-0.2, -0.15) is 0 Å². The fourth-order valence-corrected chi connectivity index (χ4v) is 3.71. The molecule has 2 aromatic rings. The largest absolute Gasteiger partial charge is 0.384 e. The summed E-state index contributed by atoms with van der Waals surface area (Å²) in [6.07, 6.45) is 2.30. The average molecular weight is 291 g/mol. The molecule has 0 spiro atoms. The van der Waals surface area contributed by atoms with Crippen LogP contribution in [0.2, 0.25) is 0 Å². The van der Waals surface area contributed by atoms with Crippen LogP contribution in [0, 0.1) is 5.41 Å². The SMILES string of the molecule is COCC1(CNc2nc3ccccc3s2)CCNCC1. The Bertz CT molecular complexity index is 524. The highest BCUT2D eigenvalue weighted by Gasteiger charge is 2.32. The van der Waals surface area contributed by atoms with E-state index in [1.165, 1.54) is 4.70 Å². The van der Waals surface area contributed by atoms with E-state index in [1.54, 1.807) is 18.4 Å². The highest BCUT2D eigenvalue weighted by atomic mass is 32.1. The van der Waals surface area contributed by atoms with Gasteiger partial charge >= 0.3 is 0 Å². The first-order valence-electron chi connectivity index (χ1n) is 7.10. The lowest BCUT2D eigenvalue weighted by molar-refractivity contribution is 0.0636. The Kier molecular flexibility index (Phi) is 4.19. The number of piperidine rings is 1. The number of anilines is 1. The zero-order valence-corrected chi connectivity index (χ0v) is 12.6. The lowest BCUT2D eigenvalue weighted by Crippen LogP contribution is -2.44. The van der Waals surface area contributed by atoms with Gasteiger partial charge in [-0.15, -0.1) is 0 Å². The van der Waals surface area contributed by atoms with Gasteiger partial charge in [0.25, 0.3) is 0 Å². The molecule has 2 heterocycles. The second-order valence-corrected chi connectivity index (χ2v) is 6.55. The van der Waals surface area contributed by atoms with Crippen molar-refractivity contribution in [3.05, 3.63) is 24.3 Å². The van der Waals surface area contributed by atoms with Crippen LogP contribution in [0.3, 0.4) is 0 Å². The first-order chi connectivity index (χ1) is 9.81. The molecule has 20 heavy (non-hydrogen) atoms. The first-order valence-corrected chi connectivity index (χ1v) is 7.92. The van der Waals surface area contributed by atoms with E-state index in [4.69, 9.17) is 4.74 Å². The van der Waals surface area contributed by atoms with Gasteiger partial charge in [-0.05, 0) is 38.1 Å². The van der Waals surface area contributed by atoms with Crippen molar-refractivity contribution < 1.29 is 4.74 Å². The van der Waals surface area contributed by atoms with Gasteiger partial charge in [0.2, 0.25) is 0 Å². The average Bonchev–Trinajstić information content (AvgIpc) is 2.89. The highest BCUT2D eigenvalue weighted by molar-refractivity contribution is 7.22. The Morgan fingerprint density at radius 1 is 1.35 bits per heavy atom. The second-order valence-electron chi connectivity index (χ2n) is 5.52. The summed E-state index contributed by atoms with van der Waals surface area (Å²) in [5.74, 6) is 0. The van der Waals surface area contributed by atoms with Crippen LogP contribution in [0.25, 0.3) is 10.2 Å². The molecule has 0 aliphatic carbocycles. The minimum atomic E-state index is 0.234. The molecule has 0 unspecified atom stereocenters. The van der Waals surface area contributed by atoms with E-state index in [0.29, 0.717) is 0 Å². The molecular formula is C15H21N3OS. The number of rotatable bonds is 5. The highest BCUT2D eigenvalue weighted by Crippen LogP contribution is 2.31. The lowest BCUT2D eigenvalue weighted by Gasteiger charge is -2.37. The van der Waals surface area contributed by atoms with Crippen molar-refractivity contribution in [1.82, 2.24) is 10.3 Å². The number of fused-ring (bicyclic) bond motifs is 1. The normalized spacial score (nSPS) is 18.2. The van der Waals surface area contributed by atoms with Gasteiger partial charge in [0.05, 0.1) is 16.8 Å². The zero-order chi connectivity index (χ0) is 13.8. The lowest BCUT2D eigenvalue weighted by atomic mass is 9.79. The summed E-state index contributed by atoms with van der Waals surface area (Å²) in [4.78, 5) is 4.64. The van der Waals surface area contributed by atoms with Crippen molar-refractivity contribution in [2.75, 3.05) is 38.7 Å². The van der Waals surface area contributed by atoms with E-state index in [1.807, 2.05) is 6.07 Å². The van der Waals surface area contributed by atoms with E-state index in [9.17, 15) is 0 Å². The summed E-state index contributed by atoms with van der Waals surface area (Å²) < 4.78 is 6.68. The van der Waals surface area contributed by atoms with Crippen molar-refractivity contribution >= 4 is 26.7 Å². The Morgan fingerprint density at radius 2 is 2.15 bits per heavy atom. The number of aromatic nitrogens is 1. The third-order valence-corrected chi connectivity index (χ3v) is 5.02. The van der Waals surface area contributed by atoms with Crippen LogP contribution in [0.5, 0.6) is 0 Å². The standard InChI is InChI=1S/C15H21N3OS/c1-19-11-15(6-8-16-9-7-15)10-17-14-18-12-4-2-3-5-13(12)20-14/h2-5,16H,6-11H2,1H3,(H,17,18). The minimum Gasteiger partial charge on any atom is -0.384 e. The quantitative estimate of drug-likeness (QED) is 0.889. The van der Waals surface area contributed by atoms with Crippen molar-refractivity contribution in [2.45, 2.75) is 12.8 Å². The number of nitrogens with one attached hydrogen (secondary N) is 2. The fourth-order valence-electron chi connectivity index (χ4n) is 2.85. The maximum Gasteiger partial charge on any atom is 0.183 e. The number of benzene rings is 1. The summed E-state index contributed by atoms with van der Waals surface area (Å²) in [5.41, 5.74) is 1.31. The van der Waals surface area contributed by atoms with E-state index in [2.05, 4.69) is 33.8 Å². The molecule has 108 valence electrons. The van der Waals surface area contributed by atoms with Crippen LogP contribution >= 0.6 is 11.3 Å². The summed E-state index contributed by atoms with van der Waals surface area (Å²) in [7, 11) is 1.79. The van der Waals surface area contributed by atoms with Gasteiger partial charge in [-0.25, -0.2) is 4.98 Å². The van der Waals surface area contributed by atoms with E-state index < -0.39 is 0 Å². The van der Waals surface area contributed by atoms with Crippen molar-refractivity contribution in [3.8, 4) is 0 Å². The number of methoxy groups -OCH3 is 1. The van der Waals surface area contributed by atoms with Gasteiger partial charge in [-0.3, -0.25) is 0 Å². The number of thiazole rings is 1. The number of ether oxygens (including phenoxy) is 1. The molecule has 1 aromatic carbocycles. The molecule has 1 fully saturated rings. The Morgan fingerprint density at radius 3 is 2.90 bits per heavy atom. The smallest absolute Gasteiger partial charge is 0.183 e. The molecule has 0 saturated carbocycles. The molecular weight excluding hydrogens is 270 g/mol. The molecule has 1 saturated heterocycles. The van der Waals surface area contributed by atoms with Gasteiger partial charge in [0.1, 0.15) is 0 Å². The van der Waals surface area contributed by atoms with Gasteiger partial charge in [0, 0.05) is 19.1 Å². The predicted molar refractivity (Wildman–Crippen MR) is 84.5 cm³/mol. The van der Waals surface area contributed by atoms with Crippen molar-refractivity contribution in [1.29, 1.82) is 0 Å². The maximum absolute atomic E-state index is 5.45. The summed E-state index contributed by atoms with van der Waals surface area (Å²) in [6.45, 7) is 3.89. The van der Waals surface area contributed by atoms with Crippen LogP contribution in [0.15, 0.2) is 24.3 Å². The van der Waals surface area contributed by atoms with E-state index in [0.717, 1.165) is 49.7 Å². The Balaban J connectivity index is 1.70. The van der Waals surface area contributed by atoms with Crippen LogP contribution in [-0.2, 0) is 4.74 Å². The molecule has 1 aliphatic heterocycles. The van der Waals surface area contributed by atoms with Gasteiger partial charge in [0.15, 0.2) is 5.13 Å². The van der Waals surface area contributed by atoms with E-state index >= 15 is 0 Å². The van der Waals surface area contributed by atoms with Crippen molar-refractivity contribution in [3.63, 3.8) is 0 Å². The topological polar surface area (TPSA) is 46.2 Å². The Labute approximate surface area is 123 Å². The molecule has 5 heteroatoms. The molecule has 1 aromatic heterocycles. The number of hydrogen-bond donors (Lipinski definition) is 2. The summed E-state index contributed by atoms with van der Waals surface area (Å²) in [5, 5.41) is 7.96. The summed E-state index contributed by atoms with van der Waals surface area (Å²) >= 11 is 1.72. The third kappa shape index (κ3) is 2.95. The van der Waals surface area contributed by atoms with Crippen molar-refractivity contribution in [2.24, 2.45) is 5.41 Å². The maximum atomic E-state index is 5.45. The fraction of sp³-hybridized carbons (Fsp3) is 0.533. The number of para-hydroxylation sites is 1. The van der Waals surface area contributed by atoms with Crippen LogP contribution in [0.4, 0.5) is 5.13 Å². The molecule has 4 nitrogen and oxygen atoms in total. The third-order valence-electron chi connectivity index (χ3n) is 4.02. The monoisotopic (exact) mass is 291 g/mol. The zero-order valence-electron chi connectivity index (χ0n) is 11.8. The van der Waals surface area contributed by atoms with Crippen LogP contribution in [0.1, 0.15) is 12.8 Å². The molecule has 2 N–H and O–H groups in total. The minimum absolute atomic E-state index is 0.234. The summed E-state index contributed by atoms with van der Waals surface area (Å²) in [6, 6.07) is 8.27. The molecule has 0 atom stereocenters. The molecule has 0 amide bonds. The number of nitrogens with zero attached hydrogens (tertiary/aromatic N) is 1.